The zero-order valence-corrected chi connectivity index (χ0v) is 13.6. The Kier molecular flexibility index (Phi) is 4.66. The molecule has 7 heteroatoms. The van der Waals surface area contributed by atoms with Crippen LogP contribution in [0.2, 0.25) is 5.02 Å². The lowest BCUT2D eigenvalue weighted by Crippen LogP contribution is -2.32. The number of nitrogens with zero attached hydrogens (tertiary/aromatic N) is 1. The van der Waals surface area contributed by atoms with Crippen molar-refractivity contribution in [1.29, 1.82) is 0 Å². The molecule has 0 unspecified atom stereocenters. The molecule has 20 heavy (non-hydrogen) atoms. The summed E-state index contributed by atoms with van der Waals surface area (Å²) in [5.74, 6) is 0.887. The minimum Gasteiger partial charge on any atom is -0.316 e. The molecule has 0 aliphatic carbocycles. The molecular formula is C13H18Cl2N2O2S. The molecule has 1 aromatic rings. The Bertz CT molecular complexity index is 594. The number of aryl methyl sites for hydroxylation is 1. The summed E-state index contributed by atoms with van der Waals surface area (Å²) in [4.78, 5) is 0.229. The van der Waals surface area contributed by atoms with Gasteiger partial charge >= 0.3 is 0 Å². The smallest absolute Gasteiger partial charge is 0.244 e. The largest absolute Gasteiger partial charge is 0.316 e. The van der Waals surface area contributed by atoms with Crippen LogP contribution in [0.15, 0.2) is 23.1 Å². The summed E-state index contributed by atoms with van der Waals surface area (Å²) in [5, 5.41) is 3.62. The second-order valence-electron chi connectivity index (χ2n) is 5.43. The molecule has 1 aromatic carbocycles. The maximum Gasteiger partial charge on any atom is 0.244 e. The number of fused-ring (bicyclic) bond motifs is 1. The van der Waals surface area contributed by atoms with Crippen LogP contribution in [0.1, 0.15) is 5.56 Å². The van der Waals surface area contributed by atoms with E-state index in [1.807, 2.05) is 6.92 Å². The van der Waals surface area contributed by atoms with Gasteiger partial charge in [-0.2, -0.15) is 4.31 Å². The van der Waals surface area contributed by atoms with Crippen molar-refractivity contribution in [1.82, 2.24) is 9.62 Å². The highest BCUT2D eigenvalue weighted by molar-refractivity contribution is 7.89. The number of rotatable bonds is 2. The number of halogens is 2. The van der Waals surface area contributed by atoms with E-state index in [-0.39, 0.29) is 17.3 Å². The molecule has 0 aromatic heterocycles. The van der Waals surface area contributed by atoms with E-state index in [0.717, 1.165) is 18.7 Å². The molecule has 1 N–H and O–H groups in total. The summed E-state index contributed by atoms with van der Waals surface area (Å²) in [7, 11) is -3.45. The van der Waals surface area contributed by atoms with Crippen LogP contribution in [0.5, 0.6) is 0 Å². The van der Waals surface area contributed by atoms with E-state index in [2.05, 4.69) is 5.32 Å². The second kappa shape index (κ2) is 5.81. The summed E-state index contributed by atoms with van der Waals surface area (Å²) in [6.07, 6.45) is 0. The number of benzene rings is 1. The first-order valence-electron chi connectivity index (χ1n) is 6.45. The first kappa shape index (κ1) is 16.0. The summed E-state index contributed by atoms with van der Waals surface area (Å²) in [6.45, 7) is 4.93. The molecule has 0 radical (unpaired) electrons. The third-order valence-electron chi connectivity index (χ3n) is 4.06. The molecule has 2 atom stereocenters. The summed E-state index contributed by atoms with van der Waals surface area (Å²) in [6, 6.07) is 5.10. The quantitative estimate of drug-likeness (QED) is 0.897. The molecule has 2 saturated heterocycles. The van der Waals surface area contributed by atoms with E-state index >= 15 is 0 Å². The number of hydrogen-bond acceptors (Lipinski definition) is 3. The molecule has 4 nitrogen and oxygen atoms in total. The van der Waals surface area contributed by atoms with E-state index in [4.69, 9.17) is 11.6 Å². The van der Waals surface area contributed by atoms with Gasteiger partial charge in [0, 0.05) is 13.1 Å². The second-order valence-corrected chi connectivity index (χ2v) is 7.75. The van der Waals surface area contributed by atoms with Crippen molar-refractivity contribution in [3.8, 4) is 0 Å². The van der Waals surface area contributed by atoms with Gasteiger partial charge in [0.2, 0.25) is 10.0 Å². The Balaban J connectivity index is 0.00000147. The Labute approximate surface area is 131 Å². The summed E-state index contributed by atoms with van der Waals surface area (Å²) >= 11 is 6.09. The van der Waals surface area contributed by atoms with Crippen LogP contribution in [0.3, 0.4) is 0 Å². The Hall–Kier alpha value is -0.330. The number of hydrogen-bond donors (Lipinski definition) is 1. The minimum atomic E-state index is -3.45. The van der Waals surface area contributed by atoms with Crippen molar-refractivity contribution in [2.24, 2.45) is 11.8 Å². The lowest BCUT2D eigenvalue weighted by atomic mass is 10.0. The van der Waals surface area contributed by atoms with Crippen molar-refractivity contribution in [2.45, 2.75) is 11.8 Å². The van der Waals surface area contributed by atoms with Crippen molar-refractivity contribution in [3.63, 3.8) is 0 Å². The molecule has 2 aliphatic heterocycles. The first-order valence-corrected chi connectivity index (χ1v) is 8.27. The highest BCUT2D eigenvalue weighted by atomic mass is 35.5. The minimum absolute atomic E-state index is 0. The maximum absolute atomic E-state index is 12.6. The Morgan fingerprint density at radius 3 is 2.40 bits per heavy atom. The maximum atomic E-state index is 12.6. The highest BCUT2D eigenvalue weighted by Gasteiger charge is 2.41. The van der Waals surface area contributed by atoms with Gasteiger partial charge in [-0.25, -0.2) is 8.42 Å². The topological polar surface area (TPSA) is 49.4 Å². The highest BCUT2D eigenvalue weighted by Crippen LogP contribution is 2.33. The number of nitrogens with one attached hydrogen (secondary N) is 1. The fraction of sp³-hybridized carbons (Fsp3) is 0.538. The molecule has 2 heterocycles. The third kappa shape index (κ3) is 2.70. The van der Waals surface area contributed by atoms with Crippen LogP contribution < -0.4 is 5.32 Å². The van der Waals surface area contributed by atoms with Crippen molar-refractivity contribution >= 4 is 34.0 Å². The average Bonchev–Trinajstić information content (AvgIpc) is 2.87. The molecule has 2 fully saturated rings. The molecule has 0 saturated carbocycles. The molecule has 0 amide bonds. The van der Waals surface area contributed by atoms with Crippen LogP contribution >= 0.6 is 24.0 Å². The Morgan fingerprint density at radius 1 is 1.25 bits per heavy atom. The van der Waals surface area contributed by atoms with Crippen molar-refractivity contribution < 1.29 is 8.42 Å². The van der Waals surface area contributed by atoms with E-state index in [9.17, 15) is 8.42 Å². The standard InChI is InChI=1S/C13H17ClN2O2S.ClH/c1-9-2-3-13(12(14)4-9)19(17,18)16-7-10-5-15-6-11(10)8-16;/h2-4,10-11,15H,5-8H2,1H3;1H/t10-,11+;. The Morgan fingerprint density at radius 2 is 1.85 bits per heavy atom. The number of sulfonamides is 1. The molecule has 3 rings (SSSR count). The monoisotopic (exact) mass is 336 g/mol. The van der Waals surface area contributed by atoms with Crippen LogP contribution in [0.4, 0.5) is 0 Å². The summed E-state index contributed by atoms with van der Waals surface area (Å²) in [5.41, 5.74) is 0.964. The van der Waals surface area contributed by atoms with Crippen LogP contribution in [-0.2, 0) is 10.0 Å². The van der Waals surface area contributed by atoms with Gasteiger partial charge in [0.05, 0.1) is 5.02 Å². The van der Waals surface area contributed by atoms with E-state index in [0.29, 0.717) is 29.9 Å². The van der Waals surface area contributed by atoms with E-state index in [1.54, 1.807) is 22.5 Å². The van der Waals surface area contributed by atoms with Gasteiger partial charge in [-0.1, -0.05) is 17.7 Å². The lowest BCUT2D eigenvalue weighted by molar-refractivity contribution is 0.448. The molecule has 0 bridgehead atoms. The van der Waals surface area contributed by atoms with Crippen LogP contribution in [0.25, 0.3) is 0 Å². The van der Waals surface area contributed by atoms with Gasteiger partial charge in [-0.15, -0.1) is 12.4 Å². The lowest BCUT2D eigenvalue weighted by Gasteiger charge is -2.18. The fourth-order valence-electron chi connectivity index (χ4n) is 2.96. The summed E-state index contributed by atoms with van der Waals surface area (Å²) < 4.78 is 26.8. The van der Waals surface area contributed by atoms with Crippen molar-refractivity contribution in [3.05, 3.63) is 28.8 Å². The molecular weight excluding hydrogens is 319 g/mol. The molecule has 0 spiro atoms. The SMILES string of the molecule is Cc1ccc(S(=O)(=O)N2C[C@H]3CNC[C@H]3C2)c(Cl)c1.Cl. The van der Waals surface area contributed by atoms with Crippen LogP contribution in [0, 0.1) is 18.8 Å². The molecule has 112 valence electrons. The fourth-order valence-corrected chi connectivity index (χ4v) is 5.09. The van der Waals surface area contributed by atoms with Gasteiger partial charge < -0.3 is 5.32 Å². The van der Waals surface area contributed by atoms with Gasteiger partial charge in [0.25, 0.3) is 0 Å². The predicted molar refractivity (Wildman–Crippen MR) is 82.0 cm³/mol. The first-order chi connectivity index (χ1) is 8.98. The zero-order chi connectivity index (χ0) is 13.6. The third-order valence-corrected chi connectivity index (χ3v) is 6.38. The van der Waals surface area contributed by atoms with E-state index < -0.39 is 10.0 Å². The van der Waals surface area contributed by atoms with Gasteiger partial charge in [-0.3, -0.25) is 0 Å². The van der Waals surface area contributed by atoms with Gasteiger partial charge in [0.1, 0.15) is 4.90 Å². The van der Waals surface area contributed by atoms with Gasteiger partial charge in [-0.05, 0) is 49.5 Å². The molecule has 2 aliphatic rings. The van der Waals surface area contributed by atoms with Gasteiger partial charge in [0.15, 0.2) is 0 Å². The zero-order valence-electron chi connectivity index (χ0n) is 11.2. The average molecular weight is 337 g/mol. The van der Waals surface area contributed by atoms with Crippen molar-refractivity contribution in [2.75, 3.05) is 26.2 Å². The normalized spacial score (nSPS) is 26.3. The van der Waals surface area contributed by atoms with Crippen LogP contribution in [-0.4, -0.2) is 38.9 Å². The van der Waals surface area contributed by atoms with E-state index in [1.165, 1.54) is 0 Å². The predicted octanol–water partition coefficient (Wildman–Crippen LogP) is 1.91.